The molecule has 6 fully saturated rings. The summed E-state index contributed by atoms with van der Waals surface area (Å²) in [5.41, 5.74) is 24.5. The fraction of sp³-hybridized carbons (Fsp3) is 0.348. The van der Waals surface area contributed by atoms with Gasteiger partial charge in [-0.25, -0.2) is 44.9 Å². The number of aromatic nitrogens is 12. The first kappa shape index (κ1) is 65.7. The molecule has 12 aromatic rings. The van der Waals surface area contributed by atoms with Crippen LogP contribution in [0.4, 0.5) is 17.5 Å². The Morgan fingerprint density at radius 1 is 0.444 bits per heavy atom. The number of fused-ring (bicyclic) bond motifs is 6. The Bertz CT molecular complexity index is 4680. The van der Waals surface area contributed by atoms with Crippen LogP contribution >= 0.6 is 47.8 Å². The van der Waals surface area contributed by atoms with Crippen LogP contribution < -0.4 is 22.5 Å². The van der Waals surface area contributed by atoms with Crippen LogP contribution in [0.15, 0.2) is 142 Å². The second-order valence-corrected chi connectivity index (χ2v) is 28.9. The number of benzene rings is 3. The van der Waals surface area contributed by atoms with E-state index in [0.29, 0.717) is 60.2 Å². The summed E-state index contributed by atoms with van der Waals surface area (Å²) in [6, 6.07) is 29.2. The number of halogens is 3. The van der Waals surface area contributed by atoms with Crippen LogP contribution in [0.2, 0.25) is 0 Å². The SMILES string of the molecule is Cc1ncnc2c1ccn2[C@@H]1O[C@@]2(CN[C@H](c3ccc4cc(Br)c(N)nc4c3)C2)[C@@H](O)[C@H]1O.Cc1ncnc2c1ccn2[C@@H]1O[C@@]2(CO[C@@H](c3ccc4cc(Br)c(N)nc4c3)C2)[C@@H](O)[C@H]1O.Cc1ncnc2c1ccn2[C@@H]1O[C@@]2(CO[C@H](c3ccc4cc(Br)c(N)nc4c3)C2)[C@@H](O)[C@H]1O. The fourth-order valence-electron chi connectivity index (χ4n) is 14.9. The van der Waals surface area contributed by atoms with Gasteiger partial charge in [0.2, 0.25) is 0 Å². The number of nitrogen functional groups attached to an aromatic ring is 3. The third kappa shape index (κ3) is 11.2. The van der Waals surface area contributed by atoms with Crippen LogP contribution in [0.1, 0.15) is 90.0 Å². The van der Waals surface area contributed by atoms with Crippen molar-refractivity contribution in [1.82, 2.24) is 63.9 Å². The molecule has 0 amide bonds. The predicted octanol–water partition coefficient (Wildman–Crippen LogP) is 7.92. The van der Waals surface area contributed by atoms with Gasteiger partial charge >= 0.3 is 0 Å². The van der Waals surface area contributed by atoms with E-state index in [1.54, 1.807) is 26.1 Å². The maximum absolute atomic E-state index is 11.1. The summed E-state index contributed by atoms with van der Waals surface area (Å²) < 4.78 is 38.8. The first-order valence-corrected chi connectivity index (χ1v) is 34.5. The largest absolute Gasteiger partial charge is 0.387 e. The van der Waals surface area contributed by atoms with Crippen molar-refractivity contribution >= 4 is 131 Å². The molecule has 3 aromatic carbocycles. The number of rotatable bonds is 6. The van der Waals surface area contributed by atoms with Gasteiger partial charge in [-0.1, -0.05) is 36.4 Å². The smallest absolute Gasteiger partial charge is 0.164 e. The van der Waals surface area contributed by atoms with Crippen molar-refractivity contribution in [1.29, 1.82) is 0 Å². The molecule has 13 N–H and O–H groups in total. The molecule has 9 aromatic heterocycles. The molecular formula is C69H67Br3N16O11. The van der Waals surface area contributed by atoms with E-state index in [2.05, 4.69) is 98.0 Å². The molecule has 15 atom stereocenters. The number of nitrogens with zero attached hydrogens (tertiary/aromatic N) is 12. The van der Waals surface area contributed by atoms with Gasteiger partial charge in [0.25, 0.3) is 0 Å². The first-order valence-electron chi connectivity index (χ1n) is 32.1. The number of nitrogens with one attached hydrogen (secondary N) is 1. The van der Waals surface area contributed by atoms with Gasteiger partial charge in [0, 0.05) is 76.3 Å². The van der Waals surface area contributed by atoms with Gasteiger partial charge in [-0.05, 0) is 146 Å². The first-order chi connectivity index (χ1) is 47.6. The molecule has 6 aliphatic heterocycles. The summed E-state index contributed by atoms with van der Waals surface area (Å²) in [5, 5.41) is 74.8. The minimum absolute atomic E-state index is 0.0624. The minimum Gasteiger partial charge on any atom is -0.387 e. The minimum atomic E-state index is -1.13. The summed E-state index contributed by atoms with van der Waals surface area (Å²) in [5.74, 6) is 1.28. The topological polar surface area (TPSA) is 388 Å². The van der Waals surface area contributed by atoms with Gasteiger partial charge in [-0.3, -0.25) is 0 Å². The Morgan fingerprint density at radius 3 is 1.17 bits per heavy atom. The predicted molar refractivity (Wildman–Crippen MR) is 375 cm³/mol. The molecule has 0 unspecified atom stereocenters. The van der Waals surface area contributed by atoms with Crippen molar-refractivity contribution < 1.29 is 54.3 Å². The highest BCUT2D eigenvalue weighted by Gasteiger charge is 2.61. The third-order valence-electron chi connectivity index (χ3n) is 20.4. The van der Waals surface area contributed by atoms with E-state index in [0.717, 1.165) is 96.1 Å². The lowest BCUT2D eigenvalue weighted by atomic mass is 9.90. The Labute approximate surface area is 588 Å². The lowest BCUT2D eigenvalue weighted by molar-refractivity contribution is -0.103. The molecule has 0 saturated carbocycles. The fourth-order valence-corrected chi connectivity index (χ4v) is 15.9. The number of ether oxygens (including phenoxy) is 5. The van der Waals surface area contributed by atoms with E-state index in [1.165, 1.54) is 19.0 Å². The maximum Gasteiger partial charge on any atom is 0.164 e. The monoisotopic (exact) mass is 1530 g/mol. The van der Waals surface area contributed by atoms with Crippen LogP contribution in [0.3, 0.4) is 0 Å². The van der Waals surface area contributed by atoms with E-state index >= 15 is 0 Å². The lowest BCUT2D eigenvalue weighted by Gasteiger charge is -2.26. The van der Waals surface area contributed by atoms with Crippen molar-refractivity contribution in [2.24, 2.45) is 0 Å². The van der Waals surface area contributed by atoms with Crippen LogP contribution in [0.25, 0.3) is 65.8 Å². The molecule has 27 nitrogen and oxygen atoms in total. The number of hydrogen-bond donors (Lipinski definition) is 10. The van der Waals surface area contributed by atoms with Crippen molar-refractivity contribution in [3.8, 4) is 0 Å². The Balaban J connectivity index is 0.000000116. The molecule has 99 heavy (non-hydrogen) atoms. The highest BCUT2D eigenvalue weighted by Crippen LogP contribution is 2.52. The molecule has 18 rings (SSSR count). The van der Waals surface area contributed by atoms with Crippen LogP contribution in [0.5, 0.6) is 0 Å². The molecule has 0 aliphatic carbocycles. The Hall–Kier alpha value is -7.89. The average Bonchev–Trinajstić information content (AvgIpc) is 1.69. The summed E-state index contributed by atoms with van der Waals surface area (Å²) >= 11 is 10.2. The second-order valence-electron chi connectivity index (χ2n) is 26.4. The van der Waals surface area contributed by atoms with Crippen LogP contribution in [-0.4, -0.2) is 162 Å². The normalized spacial score (nSPS) is 29.6. The van der Waals surface area contributed by atoms with Crippen molar-refractivity contribution in [3.05, 3.63) is 176 Å². The standard InChI is InChI=1S/C23H23BrN6O3.2C23H22BrN5O4/c1-11-14-4-5-30(21(14)28-10-27-11)22-18(31)19(32)23(33-22)8-17(26-9-23)13-3-2-12-6-15(24)20(25)29-16(12)7-13;2*1-11-14-4-5-29(21(14)27-10-26-11)22-18(30)19(31)23(33-22)8-17(32-9-23)13-3-2-12-6-15(24)20(25)28-16(12)7-13/h2-7,10,17-19,22,26,31-32H,8-9H2,1H3,(H2,25,29);2*2-7,10,17-19,22,30-31H,8-9H2,1H3,(H2,25,28)/t2*17-,18+,19-,22+,23-;17-,18-,19+,22-,23+/m001/s1. The Morgan fingerprint density at radius 2 is 0.788 bits per heavy atom. The second kappa shape index (κ2) is 25.0. The van der Waals surface area contributed by atoms with Crippen LogP contribution in [0, 0.1) is 20.8 Å². The van der Waals surface area contributed by atoms with Gasteiger partial charge in [0.05, 0.1) is 72.5 Å². The zero-order valence-electron chi connectivity index (χ0n) is 53.3. The van der Waals surface area contributed by atoms with E-state index in [9.17, 15) is 30.6 Å². The van der Waals surface area contributed by atoms with Crippen molar-refractivity contribution in [2.75, 3.05) is 37.0 Å². The maximum atomic E-state index is 11.1. The molecular weight excluding hydrogens is 1470 g/mol. The van der Waals surface area contributed by atoms with E-state index in [4.69, 9.17) is 40.9 Å². The highest BCUT2D eigenvalue weighted by molar-refractivity contribution is 9.11. The molecule has 6 saturated heterocycles. The Kier molecular flexibility index (Phi) is 16.6. The van der Waals surface area contributed by atoms with Crippen molar-refractivity contribution in [3.63, 3.8) is 0 Å². The number of nitrogens with two attached hydrogens (primary N) is 3. The average molecular weight is 1540 g/mol. The van der Waals surface area contributed by atoms with Gasteiger partial charge in [-0.15, -0.1) is 0 Å². The van der Waals surface area contributed by atoms with Gasteiger partial charge in [0.1, 0.15) is 107 Å². The molecule has 0 radical (unpaired) electrons. The quantitative estimate of drug-likeness (QED) is 0.0755. The van der Waals surface area contributed by atoms with E-state index in [1.807, 2.05) is 118 Å². The summed E-state index contributed by atoms with van der Waals surface area (Å²) in [7, 11) is 0. The summed E-state index contributed by atoms with van der Waals surface area (Å²) in [4.78, 5) is 39.1. The van der Waals surface area contributed by atoms with Gasteiger partial charge < -0.3 is 90.5 Å². The number of pyridine rings is 3. The van der Waals surface area contributed by atoms with Crippen molar-refractivity contribution in [2.45, 2.75) is 130 Å². The van der Waals surface area contributed by atoms with Crippen LogP contribution in [-0.2, 0) is 23.7 Å². The molecule has 6 aliphatic rings. The lowest BCUT2D eigenvalue weighted by Crippen LogP contribution is -2.44. The highest BCUT2D eigenvalue weighted by atomic mass is 79.9. The molecule has 0 bridgehead atoms. The summed E-state index contributed by atoms with van der Waals surface area (Å²) in [6.07, 6.45) is 1.61. The molecule has 3 spiro atoms. The van der Waals surface area contributed by atoms with Gasteiger partial charge in [0.15, 0.2) is 18.7 Å². The van der Waals surface area contributed by atoms with Gasteiger partial charge in [-0.2, -0.15) is 0 Å². The zero-order valence-corrected chi connectivity index (χ0v) is 58.0. The number of aliphatic hydroxyl groups is 6. The summed E-state index contributed by atoms with van der Waals surface area (Å²) in [6.45, 7) is 6.44. The number of hydrogen-bond acceptors (Lipinski definition) is 24. The van der Waals surface area contributed by atoms with E-state index < -0.39 is 72.1 Å². The molecule has 30 heteroatoms. The molecule has 15 heterocycles. The van der Waals surface area contributed by atoms with E-state index in [-0.39, 0.29) is 31.5 Å². The number of aryl methyl sites for hydroxylation is 3. The zero-order chi connectivity index (χ0) is 68.7. The third-order valence-corrected chi connectivity index (χ3v) is 22.3. The number of aliphatic hydroxyl groups excluding tert-OH is 6. The molecule has 510 valence electrons. The number of anilines is 3.